The highest BCUT2D eigenvalue weighted by molar-refractivity contribution is 7.54. The fourth-order valence-corrected chi connectivity index (χ4v) is 3.34. The quantitative estimate of drug-likeness (QED) is 0.602. The van der Waals surface area contributed by atoms with E-state index in [0.717, 1.165) is 0 Å². The zero-order valence-corrected chi connectivity index (χ0v) is 16.1. The van der Waals surface area contributed by atoms with E-state index in [0.29, 0.717) is 11.1 Å². The number of alkyl carbamates (subject to hydrolysis) is 1. The number of carbonyl (C=O) groups excluding carboxylic acids is 2. The van der Waals surface area contributed by atoms with Crippen LogP contribution in [0.15, 0.2) is 24.3 Å². The van der Waals surface area contributed by atoms with Crippen LogP contribution in [0.4, 0.5) is 4.79 Å². The summed E-state index contributed by atoms with van der Waals surface area (Å²) in [6.07, 6.45) is -0.774. The molecule has 0 saturated carbocycles. The molecule has 0 aliphatic carbocycles. The Morgan fingerprint density at radius 2 is 1.56 bits per heavy atom. The van der Waals surface area contributed by atoms with Gasteiger partial charge in [-0.05, 0) is 38.5 Å². The Balaban J connectivity index is 3.17. The molecule has 8 nitrogen and oxygen atoms in total. The molecule has 9 heteroatoms. The molecule has 0 spiro atoms. The molecule has 0 bridgehead atoms. The first-order valence-corrected chi connectivity index (χ1v) is 9.06. The summed E-state index contributed by atoms with van der Waals surface area (Å²) >= 11 is 0. The molecule has 1 unspecified atom stereocenters. The Bertz CT molecular complexity index is 643. The van der Waals surface area contributed by atoms with Gasteiger partial charge in [0.15, 0.2) is 5.78 Å². The summed E-state index contributed by atoms with van der Waals surface area (Å²) in [5.74, 6) is -1.62. The van der Waals surface area contributed by atoms with Gasteiger partial charge >= 0.3 is 19.7 Å². The molecule has 0 fully saturated rings. The topological polar surface area (TPSA) is 100 Å². The van der Waals surface area contributed by atoms with Crippen LogP contribution in [0.3, 0.4) is 0 Å². The van der Waals surface area contributed by atoms with Crippen molar-refractivity contribution in [2.24, 2.45) is 0 Å². The van der Waals surface area contributed by atoms with Crippen molar-refractivity contribution in [3.8, 4) is 0 Å². The van der Waals surface area contributed by atoms with E-state index < -0.39 is 31.0 Å². The summed E-state index contributed by atoms with van der Waals surface area (Å²) in [6, 6.07) is 6.03. The molecule has 1 amide bonds. The maximum atomic E-state index is 12.8. The summed E-state index contributed by atoms with van der Waals surface area (Å²) < 4.78 is 32.7. The Labute approximate surface area is 147 Å². The number of amides is 1. The minimum Gasteiger partial charge on any atom is -0.465 e. The van der Waals surface area contributed by atoms with E-state index in [1.807, 2.05) is 0 Å². The normalized spacial score (nSPS) is 13.0. The fraction of sp³-hybridized carbons (Fsp3) is 0.500. The molecule has 25 heavy (non-hydrogen) atoms. The van der Waals surface area contributed by atoms with E-state index >= 15 is 0 Å². The highest BCUT2D eigenvalue weighted by atomic mass is 31.2. The largest absolute Gasteiger partial charge is 0.465 e. The number of rotatable bonds is 6. The predicted octanol–water partition coefficient (Wildman–Crippen LogP) is 3.48. The van der Waals surface area contributed by atoms with Crippen molar-refractivity contribution in [1.29, 1.82) is 0 Å². The van der Waals surface area contributed by atoms with Crippen molar-refractivity contribution < 1.29 is 32.7 Å². The van der Waals surface area contributed by atoms with E-state index in [-0.39, 0.29) is 0 Å². The number of methoxy groups -OCH3 is 1. The molecule has 1 atom stereocenters. The van der Waals surface area contributed by atoms with E-state index in [1.54, 1.807) is 20.8 Å². The van der Waals surface area contributed by atoms with Gasteiger partial charge in [-0.1, -0.05) is 12.1 Å². The third kappa shape index (κ3) is 5.85. The van der Waals surface area contributed by atoms with Crippen molar-refractivity contribution in [3.63, 3.8) is 0 Å². The molecule has 1 aromatic carbocycles. The lowest BCUT2D eigenvalue weighted by Gasteiger charge is -2.27. The standard InChI is InChI=1S/C16H24NO7P/c1-16(2,3)24-15(19)17-13(25(20,22-5)23-6)11-7-9-12(10-8-11)14(18)21-4/h7-10,13H,1-6H3,(H,17,19). The van der Waals surface area contributed by atoms with Gasteiger partial charge in [-0.3, -0.25) is 4.57 Å². The van der Waals surface area contributed by atoms with Crippen LogP contribution in [0.5, 0.6) is 0 Å². The van der Waals surface area contributed by atoms with Gasteiger partial charge < -0.3 is 23.8 Å². The summed E-state index contributed by atoms with van der Waals surface area (Å²) in [5, 5.41) is 2.50. The summed E-state index contributed by atoms with van der Waals surface area (Å²) in [5.41, 5.74) is 0.00511. The number of esters is 1. The molecular weight excluding hydrogens is 349 g/mol. The van der Waals surface area contributed by atoms with Crippen molar-refractivity contribution in [2.45, 2.75) is 32.2 Å². The summed E-state index contributed by atoms with van der Waals surface area (Å²) in [6.45, 7) is 5.12. The van der Waals surface area contributed by atoms with Crippen molar-refractivity contribution in [1.82, 2.24) is 5.32 Å². The minimum atomic E-state index is -3.71. The first-order valence-electron chi connectivity index (χ1n) is 7.45. The monoisotopic (exact) mass is 373 g/mol. The van der Waals surface area contributed by atoms with Crippen LogP contribution < -0.4 is 5.32 Å². The molecule has 1 rings (SSSR count). The molecule has 0 saturated heterocycles. The molecule has 1 N–H and O–H groups in total. The molecule has 0 radical (unpaired) electrons. The Hall–Kier alpha value is -1.89. The van der Waals surface area contributed by atoms with E-state index in [1.165, 1.54) is 45.6 Å². The van der Waals surface area contributed by atoms with Gasteiger partial charge in [0, 0.05) is 14.2 Å². The smallest absolute Gasteiger partial charge is 0.408 e. The van der Waals surface area contributed by atoms with Crippen LogP contribution in [-0.4, -0.2) is 39.0 Å². The van der Waals surface area contributed by atoms with Crippen LogP contribution in [0.25, 0.3) is 0 Å². The minimum absolute atomic E-state index is 0.312. The molecule has 0 heterocycles. The number of hydrogen-bond acceptors (Lipinski definition) is 7. The Morgan fingerprint density at radius 1 is 1.04 bits per heavy atom. The Morgan fingerprint density at radius 3 is 1.96 bits per heavy atom. The van der Waals surface area contributed by atoms with Crippen molar-refractivity contribution in [3.05, 3.63) is 35.4 Å². The second-order valence-corrected chi connectivity index (χ2v) is 8.39. The van der Waals surface area contributed by atoms with E-state index in [2.05, 4.69) is 10.1 Å². The first-order chi connectivity index (χ1) is 11.6. The van der Waals surface area contributed by atoms with Gasteiger partial charge in [-0.15, -0.1) is 0 Å². The third-order valence-corrected chi connectivity index (χ3v) is 5.20. The third-order valence-electron chi connectivity index (χ3n) is 3.13. The lowest BCUT2D eigenvalue weighted by atomic mass is 10.1. The molecular formula is C16H24NO7P. The second-order valence-electron chi connectivity index (χ2n) is 6.07. The lowest BCUT2D eigenvalue weighted by molar-refractivity contribution is 0.0510. The number of nitrogens with one attached hydrogen (secondary N) is 1. The zero-order chi connectivity index (χ0) is 19.3. The molecule has 140 valence electrons. The highest BCUT2D eigenvalue weighted by Crippen LogP contribution is 2.58. The average Bonchev–Trinajstić information content (AvgIpc) is 2.57. The van der Waals surface area contributed by atoms with Crippen LogP contribution >= 0.6 is 7.60 Å². The van der Waals surface area contributed by atoms with Crippen molar-refractivity contribution >= 4 is 19.7 Å². The van der Waals surface area contributed by atoms with E-state index in [9.17, 15) is 14.2 Å². The van der Waals surface area contributed by atoms with Gasteiger partial charge in [-0.25, -0.2) is 9.59 Å². The zero-order valence-electron chi connectivity index (χ0n) is 15.2. The molecule has 1 aromatic rings. The summed E-state index contributed by atoms with van der Waals surface area (Å²) in [4.78, 5) is 23.6. The number of benzene rings is 1. The van der Waals surface area contributed by atoms with Crippen molar-refractivity contribution in [2.75, 3.05) is 21.3 Å². The average molecular weight is 373 g/mol. The van der Waals surface area contributed by atoms with Crippen LogP contribution in [-0.2, 0) is 23.1 Å². The maximum absolute atomic E-state index is 12.8. The van der Waals surface area contributed by atoms with Gasteiger partial charge in [0.1, 0.15) is 5.60 Å². The predicted molar refractivity (Wildman–Crippen MR) is 91.5 cm³/mol. The van der Waals surface area contributed by atoms with Crippen LogP contribution in [0.1, 0.15) is 42.5 Å². The SMILES string of the molecule is COC(=O)c1ccc(C(NC(=O)OC(C)(C)C)P(=O)(OC)OC)cc1. The Kier molecular flexibility index (Phi) is 7.17. The van der Waals surface area contributed by atoms with Gasteiger partial charge in [0.05, 0.1) is 12.7 Å². The number of hydrogen-bond donors (Lipinski definition) is 1. The maximum Gasteiger partial charge on any atom is 0.408 e. The van der Waals surface area contributed by atoms with Gasteiger partial charge in [0.2, 0.25) is 0 Å². The van der Waals surface area contributed by atoms with Crippen LogP contribution in [0, 0.1) is 0 Å². The number of ether oxygens (including phenoxy) is 2. The summed E-state index contributed by atoms with van der Waals surface area (Å²) in [7, 11) is 0.00277. The fourth-order valence-electron chi connectivity index (χ4n) is 1.97. The molecule has 0 aliphatic rings. The highest BCUT2D eigenvalue weighted by Gasteiger charge is 2.38. The number of carbonyl (C=O) groups is 2. The lowest BCUT2D eigenvalue weighted by Crippen LogP contribution is -2.35. The second kappa shape index (κ2) is 8.47. The molecule has 0 aliphatic heterocycles. The first kappa shape index (κ1) is 21.2. The van der Waals surface area contributed by atoms with Crippen LogP contribution in [0.2, 0.25) is 0 Å². The van der Waals surface area contributed by atoms with Gasteiger partial charge in [0.25, 0.3) is 0 Å². The van der Waals surface area contributed by atoms with E-state index in [4.69, 9.17) is 13.8 Å². The molecule has 0 aromatic heterocycles. The van der Waals surface area contributed by atoms with Gasteiger partial charge in [-0.2, -0.15) is 0 Å².